The van der Waals surface area contributed by atoms with Crippen LogP contribution in [0.2, 0.25) is 0 Å². The van der Waals surface area contributed by atoms with Crippen molar-refractivity contribution in [1.29, 1.82) is 5.26 Å². The lowest BCUT2D eigenvalue weighted by molar-refractivity contribution is 0.141. The molecule has 21 heavy (non-hydrogen) atoms. The maximum absolute atomic E-state index is 8.50. The molecular formula is C20H33N. The second-order valence-corrected chi connectivity index (χ2v) is 7.46. The van der Waals surface area contributed by atoms with Gasteiger partial charge in [0, 0.05) is 6.08 Å². The van der Waals surface area contributed by atoms with Gasteiger partial charge in [0.05, 0.1) is 6.07 Å². The van der Waals surface area contributed by atoms with Gasteiger partial charge < -0.3 is 0 Å². The summed E-state index contributed by atoms with van der Waals surface area (Å²) in [5.74, 6) is 4.08. The molecule has 0 saturated heterocycles. The maximum atomic E-state index is 8.50. The molecule has 2 saturated carbocycles. The molecule has 0 heterocycles. The van der Waals surface area contributed by atoms with Gasteiger partial charge >= 0.3 is 0 Å². The standard InChI is InChI=1S/C20H33N/c1-2-6-17-8-12-19(13-9-17)20-14-10-18(11-15-20)7-4-3-5-16-21/h3,5,17-20H,2,4,6-15H2,1H3/t17-,18-,19-,20-. The lowest BCUT2D eigenvalue weighted by Gasteiger charge is -2.38. The Bertz CT molecular complexity index is 335. The fourth-order valence-corrected chi connectivity index (χ4v) is 4.77. The summed E-state index contributed by atoms with van der Waals surface area (Å²) in [6.45, 7) is 2.33. The summed E-state index contributed by atoms with van der Waals surface area (Å²) in [6.07, 6.45) is 20.8. The van der Waals surface area contributed by atoms with E-state index < -0.39 is 0 Å². The van der Waals surface area contributed by atoms with Gasteiger partial charge in [-0.2, -0.15) is 5.26 Å². The first kappa shape index (κ1) is 16.6. The van der Waals surface area contributed by atoms with E-state index in [2.05, 4.69) is 13.0 Å². The van der Waals surface area contributed by atoms with Crippen molar-refractivity contribution in [2.75, 3.05) is 0 Å². The van der Waals surface area contributed by atoms with Gasteiger partial charge in [-0.3, -0.25) is 0 Å². The molecule has 2 aliphatic rings. The van der Waals surface area contributed by atoms with Gasteiger partial charge in [0.25, 0.3) is 0 Å². The molecule has 0 aromatic carbocycles. The zero-order chi connectivity index (χ0) is 14.9. The molecule has 0 bridgehead atoms. The summed E-state index contributed by atoms with van der Waals surface area (Å²) >= 11 is 0. The van der Waals surface area contributed by atoms with Crippen molar-refractivity contribution in [1.82, 2.24) is 0 Å². The molecule has 0 aromatic rings. The fourth-order valence-electron chi connectivity index (χ4n) is 4.77. The molecule has 0 spiro atoms. The van der Waals surface area contributed by atoms with E-state index in [1.165, 1.54) is 70.6 Å². The van der Waals surface area contributed by atoms with E-state index in [-0.39, 0.29) is 0 Å². The minimum absolute atomic E-state index is 0.932. The summed E-state index contributed by atoms with van der Waals surface area (Å²) in [5, 5.41) is 8.50. The Morgan fingerprint density at radius 3 is 1.86 bits per heavy atom. The van der Waals surface area contributed by atoms with Crippen molar-refractivity contribution in [2.45, 2.75) is 84.0 Å². The third-order valence-corrected chi connectivity index (χ3v) is 6.08. The molecule has 1 heteroatoms. The van der Waals surface area contributed by atoms with E-state index in [0.717, 1.165) is 30.1 Å². The van der Waals surface area contributed by atoms with Crippen LogP contribution < -0.4 is 0 Å². The summed E-state index contributed by atoms with van der Waals surface area (Å²) in [6, 6.07) is 2.09. The van der Waals surface area contributed by atoms with Crippen LogP contribution in [0.4, 0.5) is 0 Å². The molecule has 0 radical (unpaired) electrons. The number of rotatable bonds is 6. The first-order valence-corrected chi connectivity index (χ1v) is 9.38. The lowest BCUT2D eigenvalue weighted by atomic mass is 9.68. The number of allylic oxidation sites excluding steroid dienone is 2. The second-order valence-electron chi connectivity index (χ2n) is 7.46. The van der Waals surface area contributed by atoms with Gasteiger partial charge in [0.15, 0.2) is 0 Å². The van der Waals surface area contributed by atoms with E-state index in [9.17, 15) is 0 Å². The number of hydrogen-bond donors (Lipinski definition) is 0. The first-order chi connectivity index (χ1) is 10.3. The Kier molecular flexibility index (Phi) is 7.34. The summed E-state index contributed by atoms with van der Waals surface area (Å²) in [5.41, 5.74) is 0. The Labute approximate surface area is 131 Å². The summed E-state index contributed by atoms with van der Waals surface area (Å²) < 4.78 is 0. The Hall–Kier alpha value is -0.770. The van der Waals surface area contributed by atoms with Gasteiger partial charge in [-0.15, -0.1) is 0 Å². The summed E-state index contributed by atoms with van der Waals surface area (Å²) in [4.78, 5) is 0. The van der Waals surface area contributed by atoms with Crippen molar-refractivity contribution in [3.05, 3.63) is 12.2 Å². The summed E-state index contributed by atoms with van der Waals surface area (Å²) in [7, 11) is 0. The number of hydrogen-bond acceptors (Lipinski definition) is 1. The van der Waals surface area contributed by atoms with Crippen LogP contribution in [-0.2, 0) is 0 Å². The van der Waals surface area contributed by atoms with E-state index >= 15 is 0 Å². The molecule has 0 aliphatic heterocycles. The smallest absolute Gasteiger partial charge is 0.0908 e. The van der Waals surface area contributed by atoms with E-state index in [1.54, 1.807) is 6.08 Å². The molecule has 2 fully saturated rings. The van der Waals surface area contributed by atoms with Crippen LogP contribution in [0.5, 0.6) is 0 Å². The average Bonchev–Trinajstić information content (AvgIpc) is 2.53. The number of nitriles is 1. The predicted molar refractivity (Wildman–Crippen MR) is 89.8 cm³/mol. The molecular weight excluding hydrogens is 254 g/mol. The monoisotopic (exact) mass is 287 g/mol. The molecule has 0 amide bonds. The molecule has 0 atom stereocenters. The highest BCUT2D eigenvalue weighted by Gasteiger charge is 2.30. The van der Waals surface area contributed by atoms with E-state index in [4.69, 9.17) is 5.26 Å². The minimum Gasteiger partial charge on any atom is -0.193 e. The Morgan fingerprint density at radius 2 is 1.38 bits per heavy atom. The van der Waals surface area contributed by atoms with Crippen LogP contribution in [0.1, 0.15) is 84.0 Å². The lowest BCUT2D eigenvalue weighted by Crippen LogP contribution is -2.25. The molecule has 2 aliphatic carbocycles. The Morgan fingerprint density at radius 1 is 0.857 bits per heavy atom. The third-order valence-electron chi connectivity index (χ3n) is 6.08. The molecule has 0 N–H and O–H groups in total. The van der Waals surface area contributed by atoms with Crippen molar-refractivity contribution in [2.24, 2.45) is 23.7 Å². The topological polar surface area (TPSA) is 23.8 Å². The third kappa shape index (κ3) is 5.50. The predicted octanol–water partition coefficient (Wildman–Crippen LogP) is 6.26. The van der Waals surface area contributed by atoms with Crippen LogP contribution in [-0.4, -0.2) is 0 Å². The van der Waals surface area contributed by atoms with Crippen LogP contribution in [0, 0.1) is 35.0 Å². The molecule has 118 valence electrons. The second kappa shape index (κ2) is 9.29. The molecule has 1 nitrogen and oxygen atoms in total. The minimum atomic E-state index is 0.932. The van der Waals surface area contributed by atoms with Gasteiger partial charge in [-0.25, -0.2) is 0 Å². The zero-order valence-electron chi connectivity index (χ0n) is 13.9. The van der Waals surface area contributed by atoms with Crippen molar-refractivity contribution in [3.8, 4) is 6.07 Å². The quantitative estimate of drug-likeness (QED) is 0.529. The first-order valence-electron chi connectivity index (χ1n) is 9.38. The van der Waals surface area contributed by atoms with E-state index in [0.29, 0.717) is 0 Å². The molecule has 2 rings (SSSR count). The van der Waals surface area contributed by atoms with Crippen molar-refractivity contribution in [3.63, 3.8) is 0 Å². The number of nitrogens with zero attached hydrogens (tertiary/aromatic N) is 1. The highest BCUT2D eigenvalue weighted by atomic mass is 14.4. The highest BCUT2D eigenvalue weighted by Crippen LogP contribution is 2.42. The largest absolute Gasteiger partial charge is 0.193 e. The van der Waals surface area contributed by atoms with Gasteiger partial charge in [0.2, 0.25) is 0 Å². The molecule has 0 aromatic heterocycles. The highest BCUT2D eigenvalue weighted by molar-refractivity contribution is 5.01. The normalized spacial score (nSPS) is 33.9. The van der Waals surface area contributed by atoms with Gasteiger partial charge in [-0.05, 0) is 62.2 Å². The van der Waals surface area contributed by atoms with Crippen LogP contribution in [0.15, 0.2) is 12.2 Å². The molecule has 0 unspecified atom stereocenters. The van der Waals surface area contributed by atoms with Crippen LogP contribution in [0.3, 0.4) is 0 Å². The maximum Gasteiger partial charge on any atom is 0.0908 e. The van der Waals surface area contributed by atoms with Crippen molar-refractivity contribution < 1.29 is 0 Å². The van der Waals surface area contributed by atoms with Crippen LogP contribution >= 0.6 is 0 Å². The van der Waals surface area contributed by atoms with E-state index in [1.807, 2.05) is 6.08 Å². The van der Waals surface area contributed by atoms with Gasteiger partial charge in [0.1, 0.15) is 0 Å². The SMILES string of the molecule is CCC[C@H]1CC[C@H]([C@H]2CC[C@H](CCC=CC#N)CC2)CC1. The van der Waals surface area contributed by atoms with Crippen LogP contribution in [0.25, 0.3) is 0 Å². The Balaban J connectivity index is 1.63. The van der Waals surface area contributed by atoms with Crippen molar-refractivity contribution >= 4 is 0 Å². The average molecular weight is 287 g/mol. The fraction of sp³-hybridized carbons (Fsp3) is 0.850. The zero-order valence-corrected chi connectivity index (χ0v) is 13.9. The van der Waals surface area contributed by atoms with Gasteiger partial charge in [-0.1, -0.05) is 51.5 Å².